The zero-order valence-electron chi connectivity index (χ0n) is 14.0. The molecule has 5 nitrogen and oxygen atoms in total. The van der Waals surface area contributed by atoms with Gasteiger partial charge in [0, 0.05) is 11.9 Å². The molecule has 0 aliphatic rings. The molecule has 2 rings (SSSR count). The quantitative estimate of drug-likeness (QED) is 0.455. The molecule has 0 heterocycles. The molecular weight excluding hydrogens is 300 g/mol. The van der Waals surface area contributed by atoms with Crippen LogP contribution in [0.5, 0.6) is 0 Å². The van der Waals surface area contributed by atoms with E-state index >= 15 is 0 Å². The fraction of sp³-hybridized carbons (Fsp3) is 0.158. The average molecular weight is 320 g/mol. The summed E-state index contributed by atoms with van der Waals surface area (Å²) in [5.74, 6) is -0.470. The molecule has 0 aliphatic heterocycles. The number of nitrogens with one attached hydrogen (secondary N) is 2. The first-order valence-corrected chi connectivity index (χ1v) is 7.52. The summed E-state index contributed by atoms with van der Waals surface area (Å²) in [5.41, 5.74) is 10.8. The molecule has 0 aliphatic carbocycles. The van der Waals surface area contributed by atoms with Crippen molar-refractivity contribution in [2.75, 3.05) is 16.4 Å². The van der Waals surface area contributed by atoms with E-state index in [1.54, 1.807) is 6.07 Å². The van der Waals surface area contributed by atoms with Gasteiger partial charge in [-0.1, -0.05) is 23.8 Å². The van der Waals surface area contributed by atoms with Gasteiger partial charge in [-0.25, -0.2) is 0 Å². The van der Waals surface area contributed by atoms with Gasteiger partial charge in [-0.2, -0.15) is 5.26 Å². The highest BCUT2D eigenvalue weighted by Gasteiger charge is 2.11. The monoisotopic (exact) mass is 320 g/mol. The lowest BCUT2D eigenvalue weighted by Gasteiger charge is -2.09. The topological polar surface area (TPSA) is 90.9 Å². The maximum atomic E-state index is 12.3. The smallest absolute Gasteiger partial charge is 0.267 e. The van der Waals surface area contributed by atoms with Crippen LogP contribution in [-0.4, -0.2) is 5.91 Å². The molecule has 0 unspecified atom stereocenters. The van der Waals surface area contributed by atoms with Crippen molar-refractivity contribution in [1.82, 2.24) is 0 Å². The van der Waals surface area contributed by atoms with Gasteiger partial charge < -0.3 is 16.4 Å². The van der Waals surface area contributed by atoms with Crippen LogP contribution >= 0.6 is 0 Å². The molecule has 5 heteroatoms. The van der Waals surface area contributed by atoms with Crippen molar-refractivity contribution in [2.24, 2.45) is 0 Å². The Balaban J connectivity index is 2.15. The first-order valence-electron chi connectivity index (χ1n) is 7.52. The summed E-state index contributed by atoms with van der Waals surface area (Å²) < 4.78 is 0. The standard InChI is InChI=1S/C19H20N4O/c1-12-4-6-17(14(3)8-12)23-19(24)15(10-20)11-22-18-7-5-13(2)9-16(18)21/h4-9,11,22H,21H2,1-3H3,(H,23,24)/b15-11-. The molecule has 0 fully saturated rings. The second kappa shape index (κ2) is 7.34. The van der Waals surface area contributed by atoms with E-state index < -0.39 is 5.91 Å². The molecule has 0 atom stereocenters. The van der Waals surface area contributed by atoms with Crippen LogP contribution in [0, 0.1) is 32.1 Å². The van der Waals surface area contributed by atoms with E-state index in [-0.39, 0.29) is 5.57 Å². The zero-order chi connectivity index (χ0) is 17.7. The van der Waals surface area contributed by atoms with Crippen molar-refractivity contribution in [2.45, 2.75) is 20.8 Å². The first kappa shape index (κ1) is 17.1. The highest BCUT2D eigenvalue weighted by atomic mass is 16.1. The van der Waals surface area contributed by atoms with E-state index in [4.69, 9.17) is 5.73 Å². The normalized spacial score (nSPS) is 10.8. The van der Waals surface area contributed by atoms with Crippen LogP contribution in [-0.2, 0) is 4.79 Å². The van der Waals surface area contributed by atoms with Gasteiger partial charge in [0.1, 0.15) is 11.6 Å². The number of anilines is 3. The Labute approximate surface area is 141 Å². The van der Waals surface area contributed by atoms with Gasteiger partial charge in [0.05, 0.1) is 11.4 Å². The highest BCUT2D eigenvalue weighted by molar-refractivity contribution is 6.07. The molecule has 1 amide bonds. The summed E-state index contributed by atoms with van der Waals surface area (Å²) in [4.78, 5) is 12.3. The molecule has 0 saturated carbocycles. The van der Waals surface area contributed by atoms with E-state index in [1.807, 2.05) is 57.2 Å². The Morgan fingerprint density at radius 2 is 1.71 bits per heavy atom. The Kier molecular flexibility index (Phi) is 5.23. The van der Waals surface area contributed by atoms with E-state index in [9.17, 15) is 10.1 Å². The molecule has 2 aromatic carbocycles. The lowest BCUT2D eigenvalue weighted by Crippen LogP contribution is -2.15. The number of aryl methyl sites for hydroxylation is 3. The van der Waals surface area contributed by atoms with Gasteiger partial charge in [-0.05, 0) is 50.1 Å². The van der Waals surface area contributed by atoms with Crippen molar-refractivity contribution in [3.8, 4) is 6.07 Å². The maximum Gasteiger partial charge on any atom is 0.267 e. The van der Waals surface area contributed by atoms with Crippen LogP contribution in [0.1, 0.15) is 16.7 Å². The molecule has 122 valence electrons. The first-order chi connectivity index (χ1) is 11.4. The summed E-state index contributed by atoms with van der Waals surface area (Å²) in [6, 6.07) is 13.1. The van der Waals surface area contributed by atoms with Crippen LogP contribution in [0.4, 0.5) is 17.1 Å². The Hall–Kier alpha value is -3.26. The maximum absolute atomic E-state index is 12.3. The number of hydrogen-bond acceptors (Lipinski definition) is 4. The summed E-state index contributed by atoms with van der Waals surface area (Å²) in [6.45, 7) is 5.83. The lowest BCUT2D eigenvalue weighted by atomic mass is 10.1. The van der Waals surface area contributed by atoms with Gasteiger partial charge in [0.2, 0.25) is 0 Å². The zero-order valence-corrected chi connectivity index (χ0v) is 14.0. The summed E-state index contributed by atoms with van der Waals surface area (Å²) in [6.07, 6.45) is 1.36. The van der Waals surface area contributed by atoms with Crippen LogP contribution in [0.2, 0.25) is 0 Å². The number of carbonyl (C=O) groups excluding carboxylic acids is 1. The Morgan fingerprint density at radius 3 is 2.29 bits per heavy atom. The highest BCUT2D eigenvalue weighted by Crippen LogP contribution is 2.20. The summed E-state index contributed by atoms with van der Waals surface area (Å²) in [7, 11) is 0. The fourth-order valence-electron chi connectivity index (χ4n) is 2.26. The molecule has 0 aromatic heterocycles. The van der Waals surface area contributed by atoms with Crippen LogP contribution in [0.3, 0.4) is 0 Å². The molecule has 0 bridgehead atoms. The number of nitrogen functional groups attached to an aromatic ring is 1. The van der Waals surface area contributed by atoms with Gasteiger partial charge in [0.25, 0.3) is 5.91 Å². The third-order valence-electron chi connectivity index (χ3n) is 3.57. The predicted octanol–water partition coefficient (Wildman–Crippen LogP) is 3.65. The predicted molar refractivity (Wildman–Crippen MR) is 97.5 cm³/mol. The second-order valence-corrected chi connectivity index (χ2v) is 5.68. The van der Waals surface area contributed by atoms with Crippen LogP contribution in [0.15, 0.2) is 48.2 Å². The molecular formula is C19H20N4O. The Bertz CT molecular complexity index is 847. The summed E-state index contributed by atoms with van der Waals surface area (Å²) >= 11 is 0. The van der Waals surface area contributed by atoms with E-state index in [0.717, 1.165) is 16.7 Å². The number of benzene rings is 2. The van der Waals surface area contributed by atoms with Gasteiger partial charge in [-0.3, -0.25) is 4.79 Å². The van der Waals surface area contributed by atoms with Crippen LogP contribution in [0.25, 0.3) is 0 Å². The molecule has 4 N–H and O–H groups in total. The number of amides is 1. The third kappa shape index (κ3) is 4.14. The molecule has 0 radical (unpaired) electrons. The minimum Gasteiger partial charge on any atom is -0.397 e. The Morgan fingerprint density at radius 1 is 1.08 bits per heavy atom. The van der Waals surface area contributed by atoms with Crippen molar-refractivity contribution >= 4 is 23.0 Å². The minimum atomic E-state index is -0.470. The minimum absolute atomic E-state index is 0.0325. The molecule has 2 aromatic rings. The third-order valence-corrected chi connectivity index (χ3v) is 3.57. The lowest BCUT2D eigenvalue weighted by molar-refractivity contribution is -0.112. The van der Waals surface area contributed by atoms with Crippen molar-refractivity contribution in [3.63, 3.8) is 0 Å². The molecule has 0 saturated heterocycles. The fourth-order valence-corrected chi connectivity index (χ4v) is 2.26. The van der Waals surface area contributed by atoms with Crippen molar-refractivity contribution in [3.05, 3.63) is 64.9 Å². The number of nitrogens with two attached hydrogens (primary N) is 1. The largest absolute Gasteiger partial charge is 0.397 e. The number of nitrogens with zero attached hydrogens (tertiary/aromatic N) is 1. The molecule has 24 heavy (non-hydrogen) atoms. The van der Waals surface area contributed by atoms with E-state index in [2.05, 4.69) is 10.6 Å². The summed E-state index contributed by atoms with van der Waals surface area (Å²) in [5, 5.41) is 14.9. The van der Waals surface area contributed by atoms with Gasteiger partial charge in [-0.15, -0.1) is 0 Å². The van der Waals surface area contributed by atoms with Crippen molar-refractivity contribution < 1.29 is 4.79 Å². The average Bonchev–Trinajstić information content (AvgIpc) is 2.52. The number of hydrogen-bond donors (Lipinski definition) is 3. The number of rotatable bonds is 4. The van der Waals surface area contributed by atoms with Crippen LogP contribution < -0.4 is 16.4 Å². The van der Waals surface area contributed by atoms with Gasteiger partial charge >= 0.3 is 0 Å². The number of nitriles is 1. The van der Waals surface area contributed by atoms with Crippen molar-refractivity contribution in [1.29, 1.82) is 5.26 Å². The molecule has 0 spiro atoms. The van der Waals surface area contributed by atoms with Gasteiger partial charge in [0.15, 0.2) is 0 Å². The van der Waals surface area contributed by atoms with E-state index in [0.29, 0.717) is 17.1 Å². The number of carbonyl (C=O) groups is 1. The SMILES string of the molecule is Cc1ccc(NC(=O)/C(C#N)=C\Nc2ccc(C)cc2N)c(C)c1. The van der Waals surface area contributed by atoms with E-state index in [1.165, 1.54) is 6.20 Å². The second-order valence-electron chi connectivity index (χ2n) is 5.68.